The summed E-state index contributed by atoms with van der Waals surface area (Å²) < 4.78 is 0. The van der Waals surface area contributed by atoms with E-state index in [1.807, 2.05) is 38.1 Å². The van der Waals surface area contributed by atoms with Crippen molar-refractivity contribution in [3.8, 4) is 0 Å². The van der Waals surface area contributed by atoms with E-state index < -0.39 is 35.5 Å². The maximum Gasteiger partial charge on any atom is 0.408 e. The number of benzene rings is 2. The van der Waals surface area contributed by atoms with Gasteiger partial charge in [-0.3, -0.25) is 14.5 Å². The molecule has 3 unspecified atom stereocenters. The molecule has 2 aromatic carbocycles. The summed E-state index contributed by atoms with van der Waals surface area (Å²) in [7, 11) is 0. The first-order valence-corrected chi connectivity index (χ1v) is 17.0. The lowest BCUT2D eigenvalue weighted by Crippen LogP contribution is -2.57. The molecule has 4 atom stereocenters. The number of nitrogens with zero attached hydrogens (tertiary/aromatic N) is 1. The van der Waals surface area contributed by atoms with Gasteiger partial charge in [-0.2, -0.15) is 0 Å². The highest BCUT2D eigenvalue weighted by Gasteiger charge is 2.46. The molecule has 1 saturated heterocycles. The third kappa shape index (κ3) is 7.66. The fourth-order valence-corrected chi connectivity index (χ4v) is 8.12. The van der Waals surface area contributed by atoms with E-state index >= 15 is 0 Å². The summed E-state index contributed by atoms with van der Waals surface area (Å²) in [5, 5.41) is 27.7. The van der Waals surface area contributed by atoms with Gasteiger partial charge in [-0.1, -0.05) is 87.9 Å². The molecule has 0 aromatic heterocycles. The number of aryl methyl sites for hydroxylation is 2. The second kappa shape index (κ2) is 14.5. The molecule has 244 valence electrons. The number of hydrogen-bond donors (Lipinski definition) is 4. The average molecular weight is 638 g/mol. The quantitative estimate of drug-likeness (QED) is 0.222. The van der Waals surface area contributed by atoms with E-state index in [1.54, 1.807) is 6.07 Å². The highest BCUT2D eigenvalue weighted by Crippen LogP contribution is 2.45. The molecule has 2 aliphatic carbocycles. The van der Waals surface area contributed by atoms with Gasteiger partial charge in [0, 0.05) is 22.9 Å². The molecule has 0 bridgehead atoms. The van der Waals surface area contributed by atoms with Crippen molar-refractivity contribution in [3.63, 3.8) is 0 Å². The van der Waals surface area contributed by atoms with Crippen LogP contribution in [-0.2, 0) is 27.8 Å². The van der Waals surface area contributed by atoms with Crippen molar-refractivity contribution in [2.45, 2.75) is 108 Å². The summed E-state index contributed by atoms with van der Waals surface area (Å²) in [4.78, 5) is 41.6. The first-order valence-electron chi connectivity index (χ1n) is 16.7. The van der Waals surface area contributed by atoms with E-state index in [1.165, 1.54) is 16.0 Å². The molecule has 5 rings (SSSR count). The van der Waals surface area contributed by atoms with Crippen molar-refractivity contribution < 1.29 is 24.6 Å². The van der Waals surface area contributed by atoms with E-state index in [-0.39, 0.29) is 24.3 Å². The zero-order chi connectivity index (χ0) is 32.1. The Morgan fingerprint density at radius 2 is 1.78 bits per heavy atom. The lowest BCUT2D eigenvalue weighted by molar-refractivity contribution is -0.130. The van der Waals surface area contributed by atoms with Crippen LogP contribution in [0.25, 0.3) is 0 Å². The summed E-state index contributed by atoms with van der Waals surface area (Å²) in [6, 6.07) is 11.5. The number of carbonyl (C=O) groups is 3. The number of aliphatic hydroxyl groups is 1. The molecule has 0 spiro atoms. The van der Waals surface area contributed by atoms with E-state index in [9.17, 15) is 24.6 Å². The minimum Gasteiger partial charge on any atom is -0.465 e. The molecule has 4 N–H and O–H groups in total. The lowest BCUT2D eigenvalue weighted by atomic mass is 9.73. The normalized spacial score (nSPS) is 20.6. The third-order valence-corrected chi connectivity index (χ3v) is 10.6. The molecular formula is C36H48ClN3O5. The average Bonchev–Trinajstić information content (AvgIpc) is 3.66. The van der Waals surface area contributed by atoms with Gasteiger partial charge in [0.1, 0.15) is 6.04 Å². The molecule has 3 amide bonds. The monoisotopic (exact) mass is 637 g/mol. The van der Waals surface area contributed by atoms with Gasteiger partial charge in [0.25, 0.3) is 0 Å². The van der Waals surface area contributed by atoms with Gasteiger partial charge < -0.3 is 20.8 Å². The molecule has 1 aliphatic heterocycles. The van der Waals surface area contributed by atoms with Crippen LogP contribution in [0.4, 0.5) is 4.79 Å². The Morgan fingerprint density at radius 3 is 2.44 bits per heavy atom. The van der Waals surface area contributed by atoms with Gasteiger partial charge in [-0.05, 0) is 78.8 Å². The Hall–Kier alpha value is -3.10. The standard InChI is InChI=1S/C36H48ClN3O5/c1-36(2,28-12-7-13-29(37)21-28)32(26-15-14-24-10-6-11-25(24)19-26)40(35(44)45)31(18-23-8-4-3-5-9-23)34(43)39-30(22-41)20-27-16-17-38-33(27)42/h7,12-15,19,21,23,27,30-32,41H,3-6,8-11,16-18,20,22H2,1-2H3,(H,38,42)(H,39,43)(H,44,45)/t27-,30?,31?,32?/m0/s1. The van der Waals surface area contributed by atoms with Gasteiger partial charge in [0.05, 0.1) is 18.7 Å². The minimum absolute atomic E-state index is 0.0754. The number of carboxylic acid groups (broad SMARTS) is 1. The number of fused-ring (bicyclic) bond motifs is 1. The molecule has 0 radical (unpaired) electrons. The van der Waals surface area contributed by atoms with Crippen LogP contribution in [0.1, 0.15) is 99.9 Å². The van der Waals surface area contributed by atoms with Crippen LogP contribution in [0.2, 0.25) is 5.02 Å². The third-order valence-electron chi connectivity index (χ3n) is 10.4. The van der Waals surface area contributed by atoms with Crippen molar-refractivity contribution in [3.05, 3.63) is 69.7 Å². The number of rotatable bonds is 12. The zero-order valence-corrected chi connectivity index (χ0v) is 27.3. The minimum atomic E-state index is -1.16. The van der Waals surface area contributed by atoms with E-state index in [0.717, 1.165) is 62.5 Å². The van der Waals surface area contributed by atoms with Crippen molar-refractivity contribution in [1.29, 1.82) is 0 Å². The Morgan fingerprint density at radius 1 is 1.02 bits per heavy atom. The van der Waals surface area contributed by atoms with E-state index in [0.29, 0.717) is 30.8 Å². The second-order valence-electron chi connectivity index (χ2n) is 13.9. The first-order chi connectivity index (χ1) is 21.6. The largest absolute Gasteiger partial charge is 0.465 e. The number of hydrogen-bond acceptors (Lipinski definition) is 4. The predicted octanol–water partition coefficient (Wildman–Crippen LogP) is 6.17. The fraction of sp³-hybridized carbons (Fsp3) is 0.583. The Bertz CT molecular complexity index is 1370. The van der Waals surface area contributed by atoms with Gasteiger partial charge >= 0.3 is 6.09 Å². The van der Waals surface area contributed by atoms with Crippen molar-refractivity contribution >= 4 is 29.5 Å². The number of carbonyl (C=O) groups excluding carboxylic acids is 2. The van der Waals surface area contributed by atoms with Crippen LogP contribution in [0, 0.1) is 11.8 Å². The summed E-state index contributed by atoms with van der Waals surface area (Å²) >= 11 is 6.47. The van der Waals surface area contributed by atoms with Crippen molar-refractivity contribution in [2.24, 2.45) is 11.8 Å². The lowest BCUT2D eigenvalue weighted by Gasteiger charge is -2.45. The zero-order valence-electron chi connectivity index (χ0n) is 26.6. The summed E-state index contributed by atoms with van der Waals surface area (Å²) in [5.74, 6) is -0.586. The fourth-order valence-electron chi connectivity index (χ4n) is 7.93. The molecule has 2 fully saturated rings. The SMILES string of the molecule is CC(C)(c1cccc(Cl)c1)C(c1ccc2c(c1)CCC2)N(C(=O)O)C(CC1CCCCC1)C(=O)NC(CO)C[C@@H]1CCNC1=O. The van der Waals surface area contributed by atoms with E-state index in [2.05, 4.69) is 22.8 Å². The van der Waals surface area contributed by atoms with Crippen LogP contribution in [0.5, 0.6) is 0 Å². The number of nitrogens with one attached hydrogen (secondary N) is 2. The molecule has 45 heavy (non-hydrogen) atoms. The van der Waals surface area contributed by atoms with Crippen LogP contribution < -0.4 is 10.6 Å². The van der Waals surface area contributed by atoms with E-state index in [4.69, 9.17) is 11.6 Å². The van der Waals surface area contributed by atoms with Gasteiger partial charge in [-0.25, -0.2) is 4.79 Å². The maximum atomic E-state index is 14.4. The van der Waals surface area contributed by atoms with Crippen molar-refractivity contribution in [2.75, 3.05) is 13.2 Å². The molecule has 1 saturated carbocycles. The highest BCUT2D eigenvalue weighted by atomic mass is 35.5. The van der Waals surface area contributed by atoms with Crippen LogP contribution in [0.3, 0.4) is 0 Å². The second-order valence-corrected chi connectivity index (χ2v) is 14.3. The van der Waals surface area contributed by atoms with Crippen LogP contribution >= 0.6 is 11.6 Å². The van der Waals surface area contributed by atoms with Crippen LogP contribution in [0.15, 0.2) is 42.5 Å². The number of amides is 3. The molecule has 2 aromatic rings. The molecule has 9 heteroatoms. The van der Waals surface area contributed by atoms with Crippen molar-refractivity contribution in [1.82, 2.24) is 15.5 Å². The Kier molecular flexibility index (Phi) is 10.8. The maximum absolute atomic E-state index is 14.4. The molecule has 8 nitrogen and oxygen atoms in total. The smallest absolute Gasteiger partial charge is 0.408 e. The molecular weight excluding hydrogens is 590 g/mol. The molecule has 1 heterocycles. The van der Waals surface area contributed by atoms with Crippen LogP contribution in [-0.4, -0.2) is 58.3 Å². The predicted molar refractivity (Wildman–Crippen MR) is 175 cm³/mol. The topological polar surface area (TPSA) is 119 Å². The molecule has 3 aliphatic rings. The van der Waals surface area contributed by atoms with Gasteiger partial charge in [0.15, 0.2) is 0 Å². The van der Waals surface area contributed by atoms with Gasteiger partial charge in [0.2, 0.25) is 11.8 Å². The summed E-state index contributed by atoms with van der Waals surface area (Å²) in [6.45, 7) is 4.29. The number of halogens is 1. The first kappa shape index (κ1) is 33.3. The summed E-state index contributed by atoms with van der Waals surface area (Å²) in [6.07, 6.45) is 8.36. The van der Waals surface area contributed by atoms with Gasteiger partial charge in [-0.15, -0.1) is 0 Å². The number of aliphatic hydroxyl groups excluding tert-OH is 1. The Labute approximate surface area is 271 Å². The summed E-state index contributed by atoms with van der Waals surface area (Å²) in [5.41, 5.74) is 3.49. The Balaban J connectivity index is 1.57. The highest BCUT2D eigenvalue weighted by molar-refractivity contribution is 6.30.